The van der Waals surface area contributed by atoms with Gasteiger partial charge in [0.25, 0.3) is 0 Å². The van der Waals surface area contributed by atoms with Gasteiger partial charge in [-0.15, -0.1) is 0 Å². The van der Waals surface area contributed by atoms with Gasteiger partial charge >= 0.3 is 6.18 Å². The fourth-order valence-electron chi connectivity index (χ4n) is 4.38. The van der Waals surface area contributed by atoms with Crippen molar-refractivity contribution in [2.45, 2.75) is 44.7 Å². The minimum absolute atomic E-state index is 0.00000719. The molecule has 1 aliphatic carbocycles. The summed E-state index contributed by atoms with van der Waals surface area (Å²) in [5.41, 5.74) is 1.73. The molecule has 0 spiro atoms. The Kier molecular flexibility index (Phi) is 4.81. The standard InChI is InChI=1S/C23H20F3NO2/c1-14-6-4-7-15(12-14)27-19-10-5-11-20(28)22(19)17(13-21(27)29)16-8-2-3-9-18(16)23(24,25)26/h2-4,6-9,12,17H,5,10-11,13H2,1H3. The number of anilines is 1. The van der Waals surface area contributed by atoms with Crippen LogP contribution >= 0.6 is 0 Å². The Labute approximate surface area is 166 Å². The second kappa shape index (κ2) is 7.17. The van der Waals surface area contributed by atoms with Crippen molar-refractivity contribution in [2.24, 2.45) is 0 Å². The van der Waals surface area contributed by atoms with Crippen LogP contribution in [0.5, 0.6) is 0 Å². The third kappa shape index (κ3) is 3.48. The molecular formula is C23H20F3NO2. The van der Waals surface area contributed by atoms with Crippen molar-refractivity contribution in [3.63, 3.8) is 0 Å². The van der Waals surface area contributed by atoms with Gasteiger partial charge in [0.15, 0.2) is 5.78 Å². The van der Waals surface area contributed by atoms with E-state index in [1.165, 1.54) is 23.1 Å². The molecule has 0 saturated carbocycles. The smallest absolute Gasteiger partial charge is 0.294 e. The minimum Gasteiger partial charge on any atom is -0.294 e. The summed E-state index contributed by atoms with van der Waals surface area (Å²) in [4.78, 5) is 27.5. The average molecular weight is 399 g/mol. The van der Waals surface area contributed by atoms with E-state index in [1.54, 1.807) is 6.07 Å². The molecule has 150 valence electrons. The van der Waals surface area contributed by atoms with Gasteiger partial charge in [-0.05, 0) is 49.1 Å². The van der Waals surface area contributed by atoms with Crippen LogP contribution in [0.3, 0.4) is 0 Å². The fraction of sp³-hybridized carbons (Fsp3) is 0.304. The van der Waals surface area contributed by atoms with Gasteiger partial charge in [-0.2, -0.15) is 13.2 Å². The molecule has 6 heteroatoms. The highest BCUT2D eigenvalue weighted by Crippen LogP contribution is 2.46. The molecule has 0 saturated heterocycles. The average Bonchev–Trinajstić information content (AvgIpc) is 2.67. The van der Waals surface area contributed by atoms with Crippen molar-refractivity contribution in [3.05, 3.63) is 76.5 Å². The number of carbonyl (C=O) groups is 2. The Bertz CT molecular complexity index is 1020. The number of allylic oxidation sites excluding steroid dienone is 2. The predicted octanol–water partition coefficient (Wildman–Crippen LogP) is 5.54. The van der Waals surface area contributed by atoms with Gasteiger partial charge in [0.2, 0.25) is 5.91 Å². The van der Waals surface area contributed by atoms with Crippen LogP contribution < -0.4 is 4.90 Å². The van der Waals surface area contributed by atoms with Crippen molar-refractivity contribution in [3.8, 4) is 0 Å². The van der Waals surface area contributed by atoms with E-state index in [4.69, 9.17) is 0 Å². The van der Waals surface area contributed by atoms with Crippen molar-refractivity contribution in [1.29, 1.82) is 0 Å². The van der Waals surface area contributed by atoms with Crippen LogP contribution in [0.4, 0.5) is 18.9 Å². The van der Waals surface area contributed by atoms with E-state index < -0.39 is 17.7 Å². The molecule has 1 atom stereocenters. The summed E-state index contributed by atoms with van der Waals surface area (Å²) in [6, 6.07) is 12.6. The van der Waals surface area contributed by atoms with Gasteiger partial charge in [-0.25, -0.2) is 0 Å². The number of nitrogens with zero attached hydrogens (tertiary/aromatic N) is 1. The molecule has 2 aromatic rings. The summed E-state index contributed by atoms with van der Waals surface area (Å²) in [6.07, 6.45) is -3.34. The molecule has 0 bridgehead atoms. The van der Waals surface area contributed by atoms with Crippen LogP contribution in [0.1, 0.15) is 48.3 Å². The molecule has 1 heterocycles. The van der Waals surface area contributed by atoms with E-state index in [-0.39, 0.29) is 23.7 Å². The summed E-state index contributed by atoms with van der Waals surface area (Å²) >= 11 is 0. The number of hydrogen-bond donors (Lipinski definition) is 0. The maximum absolute atomic E-state index is 13.6. The number of carbonyl (C=O) groups excluding carboxylic acids is 2. The summed E-state index contributed by atoms with van der Waals surface area (Å²) in [5.74, 6) is -1.33. The van der Waals surface area contributed by atoms with E-state index in [9.17, 15) is 22.8 Å². The van der Waals surface area contributed by atoms with Crippen molar-refractivity contribution >= 4 is 17.4 Å². The molecule has 0 N–H and O–H groups in total. The van der Waals surface area contributed by atoms with Gasteiger partial charge in [0.05, 0.1) is 5.56 Å². The lowest BCUT2D eigenvalue weighted by Crippen LogP contribution is -2.41. The Hall–Kier alpha value is -2.89. The van der Waals surface area contributed by atoms with Gasteiger partial charge < -0.3 is 0 Å². The number of rotatable bonds is 2. The van der Waals surface area contributed by atoms with Crippen LogP contribution in [-0.4, -0.2) is 11.7 Å². The quantitative estimate of drug-likeness (QED) is 0.665. The Morgan fingerprint density at radius 1 is 1.00 bits per heavy atom. The van der Waals surface area contributed by atoms with Crippen LogP contribution in [0.15, 0.2) is 59.8 Å². The Morgan fingerprint density at radius 3 is 2.48 bits per heavy atom. The topological polar surface area (TPSA) is 37.4 Å². The number of alkyl halides is 3. The first-order valence-electron chi connectivity index (χ1n) is 9.59. The van der Waals surface area contributed by atoms with E-state index in [1.807, 2.05) is 25.1 Å². The zero-order valence-electron chi connectivity index (χ0n) is 15.9. The molecule has 1 amide bonds. The fourth-order valence-corrected chi connectivity index (χ4v) is 4.38. The molecule has 0 aromatic heterocycles. The van der Waals surface area contributed by atoms with E-state index >= 15 is 0 Å². The molecule has 4 rings (SSSR count). The first kappa shape index (κ1) is 19.4. The molecular weight excluding hydrogens is 379 g/mol. The molecule has 2 aromatic carbocycles. The lowest BCUT2D eigenvalue weighted by molar-refractivity contribution is -0.138. The molecule has 1 aliphatic heterocycles. The molecule has 3 nitrogen and oxygen atoms in total. The zero-order valence-corrected chi connectivity index (χ0v) is 15.9. The van der Waals surface area contributed by atoms with Crippen molar-refractivity contribution in [1.82, 2.24) is 0 Å². The molecule has 29 heavy (non-hydrogen) atoms. The summed E-state index contributed by atoms with van der Waals surface area (Å²) < 4.78 is 40.8. The highest BCUT2D eigenvalue weighted by molar-refractivity contribution is 6.07. The monoisotopic (exact) mass is 399 g/mol. The number of amides is 1. The van der Waals surface area contributed by atoms with Gasteiger partial charge in [-0.1, -0.05) is 30.3 Å². The van der Waals surface area contributed by atoms with Crippen LogP contribution in [0.25, 0.3) is 0 Å². The number of Topliss-reactive ketones (excluding diaryl/α,β-unsaturated/α-hetero) is 1. The van der Waals surface area contributed by atoms with E-state index in [0.717, 1.165) is 11.6 Å². The second-order valence-electron chi connectivity index (χ2n) is 7.55. The lowest BCUT2D eigenvalue weighted by atomic mass is 9.76. The van der Waals surface area contributed by atoms with Gasteiger partial charge in [0.1, 0.15) is 0 Å². The second-order valence-corrected chi connectivity index (χ2v) is 7.55. The third-order valence-electron chi connectivity index (χ3n) is 5.58. The predicted molar refractivity (Wildman–Crippen MR) is 103 cm³/mol. The van der Waals surface area contributed by atoms with E-state index in [0.29, 0.717) is 36.2 Å². The molecule has 0 fully saturated rings. The minimum atomic E-state index is -4.55. The lowest BCUT2D eigenvalue weighted by Gasteiger charge is -2.39. The molecule has 2 aliphatic rings. The van der Waals surface area contributed by atoms with Crippen LogP contribution in [0, 0.1) is 6.92 Å². The van der Waals surface area contributed by atoms with Crippen molar-refractivity contribution < 1.29 is 22.8 Å². The molecule has 0 radical (unpaired) electrons. The maximum Gasteiger partial charge on any atom is 0.416 e. The van der Waals surface area contributed by atoms with Crippen molar-refractivity contribution in [2.75, 3.05) is 4.90 Å². The maximum atomic E-state index is 13.6. The van der Waals surface area contributed by atoms with Crippen LogP contribution in [0.2, 0.25) is 0 Å². The number of benzene rings is 2. The summed E-state index contributed by atoms with van der Waals surface area (Å²) in [7, 11) is 0. The van der Waals surface area contributed by atoms with Gasteiger partial charge in [0, 0.05) is 35.7 Å². The SMILES string of the molecule is Cc1cccc(N2C(=O)CC(c3ccccc3C(F)(F)F)C3=C2CCCC3=O)c1. The summed E-state index contributed by atoms with van der Waals surface area (Å²) in [5, 5.41) is 0. The zero-order chi connectivity index (χ0) is 20.8. The Morgan fingerprint density at radius 2 is 1.76 bits per heavy atom. The van der Waals surface area contributed by atoms with E-state index in [2.05, 4.69) is 0 Å². The highest BCUT2D eigenvalue weighted by Gasteiger charge is 2.43. The Balaban J connectivity index is 1.90. The number of ketones is 1. The normalized spacial score (nSPS) is 20.1. The highest BCUT2D eigenvalue weighted by atomic mass is 19.4. The third-order valence-corrected chi connectivity index (χ3v) is 5.58. The van der Waals surface area contributed by atoms with Gasteiger partial charge in [-0.3, -0.25) is 14.5 Å². The molecule has 1 unspecified atom stereocenters. The van der Waals surface area contributed by atoms with Crippen LogP contribution in [-0.2, 0) is 15.8 Å². The first-order chi connectivity index (χ1) is 13.8. The number of hydrogen-bond acceptors (Lipinski definition) is 2. The summed E-state index contributed by atoms with van der Waals surface area (Å²) in [6.45, 7) is 1.90. The first-order valence-corrected chi connectivity index (χ1v) is 9.59. The number of aryl methyl sites for hydroxylation is 1. The number of halogens is 3. The largest absolute Gasteiger partial charge is 0.416 e.